The Balaban J connectivity index is 1.70. The Morgan fingerprint density at radius 2 is 2.15 bits per heavy atom. The largest absolute Gasteiger partial charge is 0.497 e. The van der Waals surface area contributed by atoms with Gasteiger partial charge in [0.15, 0.2) is 0 Å². The molecule has 3 unspecified atom stereocenters. The molecule has 2 aliphatic carbocycles. The van der Waals surface area contributed by atoms with Gasteiger partial charge < -0.3 is 10.1 Å². The monoisotopic (exact) mass is 291 g/mol. The number of rotatable bonds is 4. The fraction of sp³-hybridized carbons (Fsp3) is 0.647. The average Bonchev–Trinajstić information content (AvgIpc) is 2.94. The van der Waals surface area contributed by atoms with E-state index in [1.807, 2.05) is 11.8 Å². The predicted octanol–water partition coefficient (Wildman–Crippen LogP) is 3.95. The number of benzene rings is 1. The van der Waals surface area contributed by atoms with E-state index in [9.17, 15) is 0 Å². The van der Waals surface area contributed by atoms with Crippen molar-refractivity contribution in [3.05, 3.63) is 29.3 Å². The van der Waals surface area contributed by atoms with Crippen molar-refractivity contribution < 1.29 is 4.74 Å². The second-order valence-corrected chi connectivity index (χ2v) is 7.18. The van der Waals surface area contributed by atoms with Gasteiger partial charge in [0.2, 0.25) is 0 Å². The van der Waals surface area contributed by atoms with Crippen LogP contribution >= 0.6 is 11.8 Å². The molecule has 1 aromatic rings. The summed E-state index contributed by atoms with van der Waals surface area (Å²) in [5.74, 6) is 0.993. The van der Waals surface area contributed by atoms with Gasteiger partial charge in [0, 0.05) is 17.3 Å². The summed E-state index contributed by atoms with van der Waals surface area (Å²) in [5, 5.41) is 4.79. The summed E-state index contributed by atoms with van der Waals surface area (Å²) in [5.41, 5.74) is 2.98. The number of aryl methyl sites for hydroxylation is 1. The molecule has 0 radical (unpaired) electrons. The average molecular weight is 291 g/mol. The summed E-state index contributed by atoms with van der Waals surface area (Å²) >= 11 is 2.03. The van der Waals surface area contributed by atoms with Crippen LogP contribution in [-0.4, -0.2) is 24.7 Å². The lowest BCUT2D eigenvalue weighted by atomic mass is 9.87. The smallest absolute Gasteiger partial charge is 0.119 e. The van der Waals surface area contributed by atoms with Crippen LogP contribution in [0.1, 0.15) is 49.3 Å². The molecule has 1 aromatic carbocycles. The van der Waals surface area contributed by atoms with E-state index in [0.29, 0.717) is 12.1 Å². The topological polar surface area (TPSA) is 21.3 Å². The maximum Gasteiger partial charge on any atom is 0.119 e. The van der Waals surface area contributed by atoms with Crippen LogP contribution in [0, 0.1) is 0 Å². The van der Waals surface area contributed by atoms with E-state index in [1.54, 1.807) is 7.11 Å². The molecule has 0 spiro atoms. The molecular weight excluding hydrogens is 266 g/mol. The van der Waals surface area contributed by atoms with Gasteiger partial charge in [-0.2, -0.15) is 11.8 Å². The van der Waals surface area contributed by atoms with E-state index >= 15 is 0 Å². The third kappa shape index (κ3) is 2.99. The number of methoxy groups -OCH3 is 1. The van der Waals surface area contributed by atoms with Crippen LogP contribution in [0.5, 0.6) is 5.75 Å². The number of hydrogen-bond donors (Lipinski definition) is 1. The molecule has 3 rings (SSSR count). The summed E-state index contributed by atoms with van der Waals surface area (Å²) in [6, 6.07) is 7.87. The minimum Gasteiger partial charge on any atom is -0.497 e. The van der Waals surface area contributed by atoms with Crippen LogP contribution in [0.25, 0.3) is 0 Å². The van der Waals surface area contributed by atoms with Crippen LogP contribution < -0.4 is 10.1 Å². The van der Waals surface area contributed by atoms with Crippen molar-refractivity contribution in [3.8, 4) is 5.75 Å². The predicted molar refractivity (Wildman–Crippen MR) is 86.8 cm³/mol. The van der Waals surface area contributed by atoms with Crippen molar-refractivity contribution >= 4 is 11.8 Å². The van der Waals surface area contributed by atoms with Crippen molar-refractivity contribution in [1.82, 2.24) is 5.32 Å². The molecule has 2 aliphatic rings. The Kier molecular flexibility index (Phi) is 4.57. The summed E-state index contributed by atoms with van der Waals surface area (Å²) in [7, 11) is 1.75. The zero-order chi connectivity index (χ0) is 13.9. The normalized spacial score (nSPS) is 29.2. The molecule has 0 amide bonds. The van der Waals surface area contributed by atoms with Gasteiger partial charge in [-0.15, -0.1) is 0 Å². The van der Waals surface area contributed by atoms with E-state index < -0.39 is 0 Å². The summed E-state index contributed by atoms with van der Waals surface area (Å²) in [4.78, 5) is 0. The SMILES string of the molecule is COc1ccc2c(c1)CCCC2NC1CCC(SC)C1. The highest BCUT2D eigenvalue weighted by Crippen LogP contribution is 2.35. The number of fused-ring (bicyclic) bond motifs is 1. The number of hydrogen-bond acceptors (Lipinski definition) is 3. The van der Waals surface area contributed by atoms with Gasteiger partial charge in [-0.1, -0.05) is 6.07 Å². The lowest BCUT2D eigenvalue weighted by Gasteiger charge is -2.29. The first-order valence-electron chi connectivity index (χ1n) is 7.76. The Morgan fingerprint density at radius 3 is 2.90 bits per heavy atom. The third-order valence-corrected chi connectivity index (χ3v) is 5.91. The highest BCUT2D eigenvalue weighted by molar-refractivity contribution is 7.99. The Bertz CT molecular complexity index is 462. The Hall–Kier alpha value is -0.670. The van der Waals surface area contributed by atoms with Crippen LogP contribution in [-0.2, 0) is 6.42 Å². The molecular formula is C17H25NOS. The Labute approximate surface area is 126 Å². The molecule has 0 saturated heterocycles. The minimum atomic E-state index is 0.551. The number of ether oxygens (including phenoxy) is 1. The van der Waals surface area contributed by atoms with Gasteiger partial charge in [0.25, 0.3) is 0 Å². The van der Waals surface area contributed by atoms with Crippen molar-refractivity contribution in [2.24, 2.45) is 0 Å². The summed E-state index contributed by atoms with van der Waals surface area (Å²) in [6.07, 6.45) is 10.1. The summed E-state index contributed by atoms with van der Waals surface area (Å²) in [6.45, 7) is 0. The number of thioether (sulfide) groups is 1. The standard InChI is InChI=1S/C17H25NOS/c1-19-14-7-9-16-12(10-14)4-3-5-17(16)18-13-6-8-15(11-13)20-2/h7,9-10,13,15,17-18H,3-6,8,11H2,1-2H3. The van der Waals surface area contributed by atoms with Crippen LogP contribution in [0.15, 0.2) is 18.2 Å². The molecule has 0 aliphatic heterocycles. The molecule has 20 heavy (non-hydrogen) atoms. The highest BCUT2D eigenvalue weighted by atomic mass is 32.2. The fourth-order valence-electron chi connectivity index (χ4n) is 3.68. The zero-order valence-corrected chi connectivity index (χ0v) is 13.3. The van der Waals surface area contributed by atoms with Gasteiger partial charge in [0.05, 0.1) is 7.11 Å². The first kappa shape index (κ1) is 14.3. The minimum absolute atomic E-state index is 0.551. The van der Waals surface area contributed by atoms with Crippen molar-refractivity contribution in [1.29, 1.82) is 0 Å². The van der Waals surface area contributed by atoms with E-state index in [1.165, 1.54) is 49.7 Å². The van der Waals surface area contributed by atoms with Crippen LogP contribution in [0.2, 0.25) is 0 Å². The quantitative estimate of drug-likeness (QED) is 0.907. The maximum atomic E-state index is 5.35. The van der Waals surface area contributed by atoms with E-state index in [-0.39, 0.29) is 0 Å². The number of nitrogens with one attached hydrogen (secondary N) is 1. The second-order valence-electron chi connectivity index (χ2n) is 6.04. The molecule has 3 heteroatoms. The van der Waals surface area contributed by atoms with Gasteiger partial charge in [-0.3, -0.25) is 0 Å². The van der Waals surface area contributed by atoms with Gasteiger partial charge in [0.1, 0.15) is 5.75 Å². The lowest BCUT2D eigenvalue weighted by Crippen LogP contribution is -2.33. The van der Waals surface area contributed by atoms with Crippen molar-refractivity contribution in [3.63, 3.8) is 0 Å². The molecule has 110 valence electrons. The molecule has 0 heterocycles. The molecule has 3 atom stereocenters. The van der Waals surface area contributed by atoms with E-state index in [0.717, 1.165) is 11.0 Å². The third-order valence-electron chi connectivity index (χ3n) is 4.82. The van der Waals surface area contributed by atoms with Crippen molar-refractivity contribution in [2.45, 2.75) is 55.9 Å². The van der Waals surface area contributed by atoms with Crippen LogP contribution in [0.4, 0.5) is 0 Å². The molecule has 1 fully saturated rings. The van der Waals surface area contributed by atoms with Gasteiger partial charge >= 0.3 is 0 Å². The fourth-order valence-corrected chi connectivity index (χ4v) is 4.48. The second kappa shape index (κ2) is 6.40. The first-order chi connectivity index (χ1) is 9.80. The molecule has 0 bridgehead atoms. The maximum absolute atomic E-state index is 5.35. The summed E-state index contributed by atoms with van der Waals surface area (Å²) < 4.78 is 5.35. The van der Waals surface area contributed by atoms with Gasteiger partial charge in [-0.25, -0.2) is 0 Å². The molecule has 0 aromatic heterocycles. The highest BCUT2D eigenvalue weighted by Gasteiger charge is 2.28. The molecule has 1 N–H and O–H groups in total. The van der Waals surface area contributed by atoms with Crippen LogP contribution in [0.3, 0.4) is 0 Å². The van der Waals surface area contributed by atoms with E-state index in [4.69, 9.17) is 4.74 Å². The molecule has 1 saturated carbocycles. The lowest BCUT2D eigenvalue weighted by molar-refractivity contribution is 0.392. The zero-order valence-electron chi connectivity index (χ0n) is 12.5. The van der Waals surface area contributed by atoms with E-state index in [2.05, 4.69) is 29.8 Å². The van der Waals surface area contributed by atoms with Gasteiger partial charge in [-0.05, 0) is 68.0 Å². The first-order valence-corrected chi connectivity index (χ1v) is 9.04. The van der Waals surface area contributed by atoms with Crippen molar-refractivity contribution in [2.75, 3.05) is 13.4 Å². The molecule has 2 nitrogen and oxygen atoms in total. The Morgan fingerprint density at radius 1 is 1.25 bits per heavy atom.